The van der Waals surface area contributed by atoms with Crippen molar-refractivity contribution in [3.05, 3.63) is 65.7 Å². The van der Waals surface area contributed by atoms with E-state index in [1.165, 1.54) is 24.3 Å². The first-order valence-electron chi connectivity index (χ1n) is 8.17. The zero-order valence-electron chi connectivity index (χ0n) is 13.9. The Morgan fingerprint density at radius 3 is 2.23 bits per heavy atom. The van der Waals surface area contributed by atoms with Gasteiger partial charge in [-0.2, -0.15) is 4.31 Å². The number of hydrogen-bond donors (Lipinski definition) is 1. The van der Waals surface area contributed by atoms with Gasteiger partial charge in [0.15, 0.2) is 0 Å². The predicted molar refractivity (Wildman–Crippen MR) is 91.6 cm³/mol. The van der Waals surface area contributed by atoms with Crippen LogP contribution in [0, 0.1) is 11.6 Å². The number of hydrogen-bond acceptors (Lipinski definition) is 3. The zero-order valence-corrected chi connectivity index (χ0v) is 14.7. The minimum atomic E-state index is -3.88. The molecule has 0 aromatic heterocycles. The van der Waals surface area contributed by atoms with E-state index in [2.05, 4.69) is 5.32 Å². The Labute approximate surface area is 150 Å². The minimum absolute atomic E-state index is 0.0443. The van der Waals surface area contributed by atoms with E-state index in [9.17, 15) is 22.0 Å². The van der Waals surface area contributed by atoms with Crippen LogP contribution in [-0.2, 0) is 21.4 Å². The summed E-state index contributed by atoms with van der Waals surface area (Å²) in [6.07, 6.45) is 0.977. The van der Waals surface area contributed by atoms with Gasteiger partial charge in [-0.25, -0.2) is 17.2 Å². The molecule has 0 bridgehead atoms. The van der Waals surface area contributed by atoms with Crippen LogP contribution in [0.1, 0.15) is 18.4 Å². The van der Waals surface area contributed by atoms with Crippen LogP contribution in [0.25, 0.3) is 0 Å². The van der Waals surface area contributed by atoms with Crippen molar-refractivity contribution < 1.29 is 22.0 Å². The summed E-state index contributed by atoms with van der Waals surface area (Å²) in [6, 6.07) is 9.41. The van der Waals surface area contributed by atoms with Crippen LogP contribution in [0.4, 0.5) is 8.78 Å². The maximum atomic E-state index is 13.0. The molecule has 0 spiro atoms. The van der Waals surface area contributed by atoms with Crippen molar-refractivity contribution in [2.45, 2.75) is 30.3 Å². The van der Waals surface area contributed by atoms with Gasteiger partial charge in [0.25, 0.3) is 0 Å². The highest BCUT2D eigenvalue weighted by molar-refractivity contribution is 7.89. The summed E-state index contributed by atoms with van der Waals surface area (Å²) in [6.45, 7) is 0.411. The second-order valence-electron chi connectivity index (χ2n) is 6.07. The lowest BCUT2D eigenvalue weighted by molar-refractivity contribution is -0.124. The first-order valence-corrected chi connectivity index (χ1v) is 9.61. The summed E-state index contributed by atoms with van der Waals surface area (Å²) in [5.74, 6) is -1.30. The first kappa shape index (κ1) is 18.5. The highest BCUT2D eigenvalue weighted by atomic mass is 32.2. The highest BCUT2D eigenvalue weighted by Gasteiger charge is 2.39. The molecule has 0 unspecified atom stereocenters. The van der Waals surface area contributed by atoms with Crippen molar-refractivity contribution in [1.82, 2.24) is 9.62 Å². The van der Waals surface area contributed by atoms with Gasteiger partial charge < -0.3 is 5.32 Å². The van der Waals surface area contributed by atoms with Crippen molar-refractivity contribution in [2.75, 3.05) is 6.54 Å². The Bertz CT molecular complexity index is 884. The summed E-state index contributed by atoms with van der Waals surface area (Å²) >= 11 is 0. The van der Waals surface area contributed by atoms with Crippen LogP contribution in [0.2, 0.25) is 0 Å². The fourth-order valence-corrected chi connectivity index (χ4v) is 4.60. The number of benzene rings is 2. The zero-order chi connectivity index (χ0) is 18.7. The summed E-state index contributed by atoms with van der Waals surface area (Å²) in [4.78, 5) is 12.4. The number of rotatable bonds is 5. The molecular formula is C18H18F2N2O3S. The molecule has 0 aliphatic carbocycles. The molecule has 1 amide bonds. The first-order chi connectivity index (χ1) is 12.4. The molecule has 0 saturated carbocycles. The number of carbonyl (C=O) groups is 1. The Morgan fingerprint density at radius 1 is 1.04 bits per heavy atom. The van der Waals surface area contributed by atoms with Crippen molar-refractivity contribution >= 4 is 15.9 Å². The van der Waals surface area contributed by atoms with E-state index in [4.69, 9.17) is 0 Å². The number of nitrogens with one attached hydrogen (secondary N) is 1. The number of halogens is 2. The van der Waals surface area contributed by atoms with Gasteiger partial charge in [-0.1, -0.05) is 12.1 Å². The van der Waals surface area contributed by atoms with Crippen molar-refractivity contribution in [1.29, 1.82) is 0 Å². The quantitative estimate of drug-likeness (QED) is 0.866. The second-order valence-corrected chi connectivity index (χ2v) is 7.96. The Balaban J connectivity index is 1.71. The van der Waals surface area contributed by atoms with Gasteiger partial charge in [0.05, 0.1) is 4.90 Å². The lowest BCUT2D eigenvalue weighted by Gasteiger charge is -2.23. The topological polar surface area (TPSA) is 66.5 Å². The van der Waals surface area contributed by atoms with E-state index in [1.54, 1.807) is 12.1 Å². The predicted octanol–water partition coefficient (Wildman–Crippen LogP) is 2.43. The molecule has 1 fully saturated rings. The van der Waals surface area contributed by atoms with E-state index >= 15 is 0 Å². The molecule has 1 aliphatic heterocycles. The van der Waals surface area contributed by atoms with Crippen molar-refractivity contribution in [3.63, 3.8) is 0 Å². The van der Waals surface area contributed by atoms with Crippen molar-refractivity contribution in [3.8, 4) is 0 Å². The fourth-order valence-electron chi connectivity index (χ4n) is 2.94. The minimum Gasteiger partial charge on any atom is -0.351 e. The van der Waals surface area contributed by atoms with Crippen LogP contribution >= 0.6 is 0 Å². The largest absolute Gasteiger partial charge is 0.351 e. The smallest absolute Gasteiger partial charge is 0.243 e. The highest BCUT2D eigenvalue weighted by Crippen LogP contribution is 2.26. The normalized spacial score (nSPS) is 18.0. The second kappa shape index (κ2) is 7.51. The van der Waals surface area contributed by atoms with E-state index in [0.717, 1.165) is 16.4 Å². The van der Waals surface area contributed by atoms with Gasteiger partial charge >= 0.3 is 0 Å². The molecule has 138 valence electrons. The van der Waals surface area contributed by atoms with Crippen LogP contribution < -0.4 is 5.32 Å². The van der Waals surface area contributed by atoms with E-state index in [-0.39, 0.29) is 23.8 Å². The molecule has 2 aromatic rings. The average molecular weight is 380 g/mol. The summed E-state index contributed by atoms with van der Waals surface area (Å²) in [5.41, 5.74) is 0.714. The molecule has 1 saturated heterocycles. The third-order valence-corrected chi connectivity index (χ3v) is 6.23. The molecule has 2 aromatic carbocycles. The van der Waals surface area contributed by atoms with Crippen LogP contribution in [-0.4, -0.2) is 31.2 Å². The van der Waals surface area contributed by atoms with Gasteiger partial charge in [-0.05, 0) is 54.8 Å². The molecule has 3 rings (SSSR count). The number of nitrogens with zero attached hydrogens (tertiary/aromatic N) is 1. The molecule has 5 nitrogen and oxygen atoms in total. The summed E-state index contributed by atoms with van der Waals surface area (Å²) in [5, 5.41) is 2.70. The Morgan fingerprint density at radius 2 is 1.62 bits per heavy atom. The van der Waals surface area contributed by atoms with Gasteiger partial charge in [-0.3, -0.25) is 4.79 Å². The molecule has 8 heteroatoms. The van der Waals surface area contributed by atoms with Crippen LogP contribution in [0.5, 0.6) is 0 Å². The fraction of sp³-hybridized carbons (Fsp3) is 0.278. The third-order valence-electron chi connectivity index (χ3n) is 4.31. The van der Waals surface area contributed by atoms with Gasteiger partial charge in [0.1, 0.15) is 17.7 Å². The molecule has 1 atom stereocenters. The number of amides is 1. The van der Waals surface area contributed by atoms with Crippen molar-refractivity contribution in [2.24, 2.45) is 0 Å². The Kier molecular flexibility index (Phi) is 5.33. The van der Waals surface area contributed by atoms with E-state index in [1.807, 2.05) is 0 Å². The summed E-state index contributed by atoms with van der Waals surface area (Å²) < 4.78 is 52.6. The maximum Gasteiger partial charge on any atom is 0.243 e. The average Bonchev–Trinajstić information content (AvgIpc) is 3.12. The Hall–Kier alpha value is -2.32. The lowest BCUT2D eigenvalue weighted by Crippen LogP contribution is -2.45. The maximum absolute atomic E-state index is 13.0. The molecule has 0 radical (unpaired) electrons. The molecule has 1 heterocycles. The molecule has 1 aliphatic rings. The van der Waals surface area contributed by atoms with Crippen LogP contribution in [0.3, 0.4) is 0 Å². The van der Waals surface area contributed by atoms with E-state index < -0.39 is 27.8 Å². The third kappa shape index (κ3) is 3.91. The molecule has 1 N–H and O–H groups in total. The molecular weight excluding hydrogens is 362 g/mol. The number of sulfonamides is 1. The van der Waals surface area contributed by atoms with E-state index in [0.29, 0.717) is 18.4 Å². The summed E-state index contributed by atoms with van der Waals surface area (Å²) in [7, 11) is -3.88. The van der Waals surface area contributed by atoms with Gasteiger partial charge in [0, 0.05) is 13.1 Å². The van der Waals surface area contributed by atoms with Crippen LogP contribution in [0.15, 0.2) is 53.4 Å². The lowest BCUT2D eigenvalue weighted by atomic mass is 10.2. The molecule has 26 heavy (non-hydrogen) atoms. The standard InChI is InChI=1S/C18H18F2N2O3S/c19-14-5-3-13(4-6-14)12-21-18(23)17-2-1-11-22(17)26(24,25)16-9-7-15(20)8-10-16/h3-10,17H,1-2,11-12H2,(H,21,23)/t17-/m1/s1. The SMILES string of the molecule is O=C(NCc1ccc(F)cc1)[C@H]1CCCN1S(=O)(=O)c1ccc(F)cc1. The number of carbonyl (C=O) groups excluding carboxylic acids is 1. The van der Waals surface area contributed by atoms with Gasteiger partial charge in [-0.15, -0.1) is 0 Å². The van der Waals surface area contributed by atoms with Gasteiger partial charge in [0.2, 0.25) is 15.9 Å². The monoisotopic (exact) mass is 380 g/mol.